The van der Waals surface area contributed by atoms with Gasteiger partial charge in [0.15, 0.2) is 0 Å². The Morgan fingerprint density at radius 1 is 1.30 bits per heavy atom. The first-order chi connectivity index (χ1) is 10.7. The van der Waals surface area contributed by atoms with E-state index in [9.17, 15) is 9.59 Å². The average molecular weight is 336 g/mol. The summed E-state index contributed by atoms with van der Waals surface area (Å²) in [7, 11) is 0. The lowest BCUT2D eigenvalue weighted by Gasteiger charge is -2.10. The Morgan fingerprint density at radius 2 is 2.13 bits per heavy atom. The van der Waals surface area contributed by atoms with Crippen molar-refractivity contribution < 1.29 is 14.0 Å². The monoisotopic (exact) mass is 335 g/mol. The second-order valence-electron chi connectivity index (χ2n) is 5.23. The molecule has 7 heteroatoms. The highest BCUT2D eigenvalue weighted by Crippen LogP contribution is 2.25. The molecule has 2 aromatic rings. The molecule has 23 heavy (non-hydrogen) atoms. The Bertz CT molecular complexity index is 727. The SMILES string of the molecule is Cl.NCc1cc(C(=O)Nc2ccc3c(c2)CCCC(=O)N3)co1. The third kappa shape index (κ3) is 3.91. The van der Waals surface area contributed by atoms with Crippen molar-refractivity contribution >= 4 is 35.6 Å². The van der Waals surface area contributed by atoms with Gasteiger partial charge in [-0.3, -0.25) is 9.59 Å². The molecular formula is C16H18ClN3O3. The van der Waals surface area contributed by atoms with Crippen molar-refractivity contribution in [1.82, 2.24) is 0 Å². The van der Waals surface area contributed by atoms with Crippen molar-refractivity contribution in [3.05, 3.63) is 47.4 Å². The minimum absolute atomic E-state index is 0. The Kier molecular flexibility index (Phi) is 5.41. The molecule has 0 radical (unpaired) electrons. The van der Waals surface area contributed by atoms with Crippen molar-refractivity contribution in [2.24, 2.45) is 5.73 Å². The lowest BCUT2D eigenvalue weighted by atomic mass is 10.1. The molecule has 0 unspecified atom stereocenters. The predicted molar refractivity (Wildman–Crippen MR) is 89.8 cm³/mol. The zero-order valence-electron chi connectivity index (χ0n) is 12.4. The van der Waals surface area contributed by atoms with Gasteiger partial charge in [0.2, 0.25) is 5.91 Å². The first-order valence-electron chi connectivity index (χ1n) is 7.17. The van der Waals surface area contributed by atoms with E-state index in [0.29, 0.717) is 23.4 Å². The average Bonchev–Trinajstić information content (AvgIpc) is 2.91. The molecule has 0 aliphatic carbocycles. The maximum absolute atomic E-state index is 12.1. The standard InChI is InChI=1S/C16H17N3O3.ClH/c17-8-13-7-11(9-22-13)16(21)18-12-4-5-14-10(6-12)2-1-3-15(20)19-14;/h4-7,9H,1-3,8,17H2,(H,18,21)(H,19,20);1H. The number of benzene rings is 1. The summed E-state index contributed by atoms with van der Waals surface area (Å²) in [4.78, 5) is 23.7. The molecule has 122 valence electrons. The van der Waals surface area contributed by atoms with E-state index in [1.165, 1.54) is 6.26 Å². The number of carbonyl (C=O) groups is 2. The van der Waals surface area contributed by atoms with E-state index >= 15 is 0 Å². The van der Waals surface area contributed by atoms with Crippen molar-refractivity contribution in [2.45, 2.75) is 25.8 Å². The molecule has 3 rings (SSSR count). The van der Waals surface area contributed by atoms with Gasteiger partial charge in [-0.05, 0) is 42.7 Å². The fourth-order valence-corrected chi connectivity index (χ4v) is 2.46. The quantitative estimate of drug-likeness (QED) is 0.803. The van der Waals surface area contributed by atoms with Crippen LogP contribution in [0.2, 0.25) is 0 Å². The van der Waals surface area contributed by atoms with Crippen LogP contribution in [0.25, 0.3) is 0 Å². The van der Waals surface area contributed by atoms with Crippen LogP contribution in [0.5, 0.6) is 0 Å². The number of rotatable bonds is 3. The van der Waals surface area contributed by atoms with Gasteiger partial charge in [-0.25, -0.2) is 0 Å². The lowest BCUT2D eigenvalue weighted by Crippen LogP contribution is -2.12. The molecule has 1 aromatic heterocycles. The summed E-state index contributed by atoms with van der Waals surface area (Å²) in [5.41, 5.74) is 8.42. The molecule has 6 nitrogen and oxygen atoms in total. The van der Waals surface area contributed by atoms with Crippen LogP contribution in [0, 0.1) is 0 Å². The second-order valence-corrected chi connectivity index (χ2v) is 5.23. The number of carbonyl (C=O) groups excluding carboxylic acids is 2. The Balaban J connectivity index is 0.00000192. The van der Waals surface area contributed by atoms with E-state index in [0.717, 1.165) is 24.1 Å². The summed E-state index contributed by atoms with van der Waals surface area (Å²) < 4.78 is 5.16. The smallest absolute Gasteiger partial charge is 0.258 e. The van der Waals surface area contributed by atoms with Crippen LogP contribution in [0.4, 0.5) is 11.4 Å². The number of furan rings is 1. The van der Waals surface area contributed by atoms with E-state index in [1.54, 1.807) is 12.1 Å². The Morgan fingerprint density at radius 3 is 2.87 bits per heavy atom. The summed E-state index contributed by atoms with van der Waals surface area (Å²) in [6, 6.07) is 7.10. The number of nitrogens with two attached hydrogens (primary N) is 1. The summed E-state index contributed by atoms with van der Waals surface area (Å²) >= 11 is 0. The fraction of sp³-hybridized carbons (Fsp3) is 0.250. The van der Waals surface area contributed by atoms with Gasteiger partial charge in [-0.2, -0.15) is 0 Å². The van der Waals surface area contributed by atoms with Crippen molar-refractivity contribution in [3.8, 4) is 0 Å². The molecule has 0 bridgehead atoms. The number of anilines is 2. The normalized spacial score (nSPS) is 13.3. The van der Waals surface area contributed by atoms with Crippen molar-refractivity contribution in [1.29, 1.82) is 0 Å². The van der Waals surface area contributed by atoms with Crippen LogP contribution in [-0.4, -0.2) is 11.8 Å². The molecule has 1 aliphatic rings. The maximum Gasteiger partial charge on any atom is 0.258 e. The fourth-order valence-electron chi connectivity index (χ4n) is 2.46. The summed E-state index contributed by atoms with van der Waals surface area (Å²) in [6.45, 7) is 0.256. The van der Waals surface area contributed by atoms with Crippen LogP contribution >= 0.6 is 12.4 Å². The number of fused-ring (bicyclic) bond motifs is 1. The highest BCUT2D eigenvalue weighted by molar-refractivity contribution is 6.04. The Hall–Kier alpha value is -2.31. The second kappa shape index (κ2) is 7.30. The topological polar surface area (TPSA) is 97.4 Å². The highest BCUT2D eigenvalue weighted by Gasteiger charge is 2.15. The number of amides is 2. The van der Waals surface area contributed by atoms with Gasteiger partial charge in [0.1, 0.15) is 12.0 Å². The third-order valence-corrected chi connectivity index (χ3v) is 3.60. The van der Waals surface area contributed by atoms with Gasteiger partial charge >= 0.3 is 0 Å². The molecule has 4 N–H and O–H groups in total. The van der Waals surface area contributed by atoms with Gasteiger partial charge in [-0.1, -0.05) is 0 Å². The number of nitrogens with one attached hydrogen (secondary N) is 2. The van der Waals surface area contributed by atoms with Crippen LogP contribution in [0.15, 0.2) is 34.9 Å². The third-order valence-electron chi connectivity index (χ3n) is 3.60. The number of hydrogen-bond acceptors (Lipinski definition) is 4. The molecule has 2 heterocycles. The van der Waals surface area contributed by atoms with E-state index in [-0.39, 0.29) is 30.8 Å². The summed E-state index contributed by atoms with van der Waals surface area (Å²) in [5, 5.41) is 5.69. The first kappa shape index (κ1) is 17.1. The maximum atomic E-state index is 12.1. The highest BCUT2D eigenvalue weighted by atomic mass is 35.5. The van der Waals surface area contributed by atoms with E-state index in [1.807, 2.05) is 12.1 Å². The zero-order valence-corrected chi connectivity index (χ0v) is 13.2. The number of halogens is 1. The molecule has 1 aliphatic heterocycles. The Labute approximate surface area is 139 Å². The largest absolute Gasteiger partial charge is 0.467 e. The summed E-state index contributed by atoms with van der Waals surface area (Å²) in [6.07, 6.45) is 3.52. The minimum Gasteiger partial charge on any atom is -0.467 e. The summed E-state index contributed by atoms with van der Waals surface area (Å²) in [5.74, 6) is 0.346. The van der Waals surface area contributed by atoms with Crippen LogP contribution in [-0.2, 0) is 17.8 Å². The van der Waals surface area contributed by atoms with Gasteiger partial charge in [0.25, 0.3) is 5.91 Å². The molecule has 0 saturated carbocycles. The lowest BCUT2D eigenvalue weighted by molar-refractivity contribution is -0.116. The molecule has 2 amide bonds. The molecule has 0 atom stereocenters. The zero-order chi connectivity index (χ0) is 15.5. The van der Waals surface area contributed by atoms with Gasteiger partial charge in [0, 0.05) is 17.8 Å². The van der Waals surface area contributed by atoms with Crippen LogP contribution < -0.4 is 16.4 Å². The van der Waals surface area contributed by atoms with Gasteiger partial charge < -0.3 is 20.8 Å². The number of hydrogen-bond donors (Lipinski definition) is 3. The van der Waals surface area contributed by atoms with Crippen LogP contribution in [0.1, 0.15) is 34.5 Å². The molecule has 0 spiro atoms. The van der Waals surface area contributed by atoms with Crippen molar-refractivity contribution in [2.75, 3.05) is 10.6 Å². The minimum atomic E-state index is -0.249. The van der Waals surface area contributed by atoms with E-state index < -0.39 is 0 Å². The van der Waals surface area contributed by atoms with Crippen molar-refractivity contribution in [3.63, 3.8) is 0 Å². The molecule has 1 aromatic carbocycles. The predicted octanol–water partition coefficient (Wildman–Crippen LogP) is 2.69. The number of aryl methyl sites for hydroxylation is 1. The molecule has 0 saturated heterocycles. The van der Waals surface area contributed by atoms with E-state index in [4.69, 9.17) is 10.2 Å². The first-order valence-corrected chi connectivity index (χ1v) is 7.17. The van der Waals surface area contributed by atoms with Gasteiger partial charge in [-0.15, -0.1) is 12.4 Å². The molecular weight excluding hydrogens is 318 g/mol. The van der Waals surface area contributed by atoms with Gasteiger partial charge in [0.05, 0.1) is 12.1 Å². The molecule has 0 fully saturated rings. The van der Waals surface area contributed by atoms with Crippen LogP contribution in [0.3, 0.4) is 0 Å². The van der Waals surface area contributed by atoms with E-state index in [2.05, 4.69) is 10.6 Å².